The first-order valence-electron chi connectivity index (χ1n) is 8.82. The molecule has 2 saturated carbocycles. The van der Waals surface area contributed by atoms with Gasteiger partial charge in [-0.15, -0.1) is 0 Å². The van der Waals surface area contributed by atoms with Gasteiger partial charge in [0, 0.05) is 5.92 Å². The van der Waals surface area contributed by atoms with Gasteiger partial charge in [-0.25, -0.2) is 0 Å². The van der Waals surface area contributed by atoms with Gasteiger partial charge >= 0.3 is 0 Å². The first-order chi connectivity index (χ1) is 9.86. The molecule has 0 aromatic carbocycles. The van der Waals surface area contributed by atoms with Crippen LogP contribution in [0.1, 0.15) is 66.2 Å². The molecule has 3 rings (SSSR count). The van der Waals surface area contributed by atoms with E-state index in [0.717, 1.165) is 6.61 Å². The molecule has 0 radical (unpaired) electrons. The lowest BCUT2D eigenvalue weighted by molar-refractivity contribution is -0.0800. The van der Waals surface area contributed by atoms with E-state index in [-0.39, 0.29) is 5.92 Å². The van der Waals surface area contributed by atoms with Crippen molar-refractivity contribution in [2.75, 3.05) is 6.61 Å². The van der Waals surface area contributed by atoms with Crippen molar-refractivity contribution in [2.24, 2.45) is 28.6 Å². The molecule has 120 valence electrons. The van der Waals surface area contributed by atoms with E-state index in [0.29, 0.717) is 22.7 Å². The third-order valence-electron chi connectivity index (χ3n) is 6.57. The van der Waals surface area contributed by atoms with Crippen LogP contribution in [0, 0.1) is 28.6 Å². The van der Waals surface area contributed by atoms with E-state index in [2.05, 4.69) is 33.8 Å². The highest BCUT2D eigenvalue weighted by atomic mass is 16.6. The SMILES string of the molecule is CC=C1C2C(CCC1C1(C)CCCC(C)(C)C1)COC2O. The Hall–Kier alpha value is -0.340. The Morgan fingerprint density at radius 3 is 2.62 bits per heavy atom. The molecule has 0 aromatic heterocycles. The number of hydrogen-bond donors (Lipinski definition) is 1. The maximum atomic E-state index is 10.3. The zero-order chi connectivity index (χ0) is 15.3. The highest BCUT2D eigenvalue weighted by Crippen LogP contribution is 2.57. The molecule has 1 N–H and O–H groups in total. The molecule has 0 aromatic rings. The van der Waals surface area contributed by atoms with Gasteiger partial charge in [-0.05, 0) is 61.7 Å². The van der Waals surface area contributed by atoms with Crippen LogP contribution in [0.3, 0.4) is 0 Å². The lowest BCUT2D eigenvalue weighted by atomic mass is 9.54. The largest absolute Gasteiger partial charge is 0.367 e. The van der Waals surface area contributed by atoms with E-state index in [9.17, 15) is 5.11 Å². The Balaban J connectivity index is 1.87. The molecule has 0 spiro atoms. The summed E-state index contributed by atoms with van der Waals surface area (Å²) in [6.07, 6.45) is 9.60. The molecule has 1 saturated heterocycles. The molecule has 2 aliphatic carbocycles. The monoisotopic (exact) mass is 292 g/mol. The third kappa shape index (κ3) is 2.70. The summed E-state index contributed by atoms with van der Waals surface area (Å²) in [5.74, 6) is 1.44. The van der Waals surface area contributed by atoms with Crippen LogP contribution < -0.4 is 0 Å². The normalized spacial score (nSPS) is 48.3. The summed E-state index contributed by atoms with van der Waals surface area (Å²) in [7, 11) is 0. The summed E-state index contributed by atoms with van der Waals surface area (Å²) in [6, 6.07) is 0. The summed E-state index contributed by atoms with van der Waals surface area (Å²) in [5.41, 5.74) is 2.36. The van der Waals surface area contributed by atoms with Crippen LogP contribution in [0.15, 0.2) is 11.6 Å². The van der Waals surface area contributed by atoms with Crippen molar-refractivity contribution < 1.29 is 9.84 Å². The average molecular weight is 292 g/mol. The lowest BCUT2D eigenvalue weighted by Crippen LogP contribution is -2.42. The average Bonchev–Trinajstić information content (AvgIpc) is 2.78. The molecular formula is C19H32O2. The van der Waals surface area contributed by atoms with Crippen LogP contribution in [0.5, 0.6) is 0 Å². The molecule has 1 heterocycles. The number of hydrogen-bond acceptors (Lipinski definition) is 2. The summed E-state index contributed by atoms with van der Waals surface area (Å²) in [5, 5.41) is 10.3. The van der Waals surface area contributed by atoms with E-state index in [1.807, 2.05) is 0 Å². The predicted octanol–water partition coefficient (Wildman–Crippen LogP) is 4.53. The summed E-state index contributed by atoms with van der Waals surface area (Å²) in [4.78, 5) is 0. The van der Waals surface area contributed by atoms with Gasteiger partial charge in [0.05, 0.1) is 6.61 Å². The second-order valence-electron chi connectivity index (χ2n) is 8.78. The summed E-state index contributed by atoms with van der Waals surface area (Å²) in [6.45, 7) is 10.3. The fourth-order valence-corrected chi connectivity index (χ4v) is 5.82. The predicted molar refractivity (Wildman–Crippen MR) is 85.8 cm³/mol. The van der Waals surface area contributed by atoms with Gasteiger partial charge in [0.15, 0.2) is 6.29 Å². The van der Waals surface area contributed by atoms with Crippen molar-refractivity contribution in [3.8, 4) is 0 Å². The van der Waals surface area contributed by atoms with Crippen LogP contribution in [0.4, 0.5) is 0 Å². The summed E-state index contributed by atoms with van der Waals surface area (Å²) >= 11 is 0. The van der Waals surface area contributed by atoms with E-state index in [4.69, 9.17) is 4.74 Å². The highest BCUT2D eigenvalue weighted by molar-refractivity contribution is 5.20. The van der Waals surface area contributed by atoms with E-state index >= 15 is 0 Å². The quantitative estimate of drug-likeness (QED) is 0.719. The van der Waals surface area contributed by atoms with Crippen molar-refractivity contribution in [1.29, 1.82) is 0 Å². The molecule has 5 unspecified atom stereocenters. The van der Waals surface area contributed by atoms with Gasteiger partial charge in [-0.3, -0.25) is 0 Å². The number of rotatable bonds is 1. The maximum Gasteiger partial charge on any atom is 0.161 e. The van der Waals surface area contributed by atoms with Crippen molar-refractivity contribution in [1.82, 2.24) is 0 Å². The smallest absolute Gasteiger partial charge is 0.161 e. The van der Waals surface area contributed by atoms with Crippen LogP contribution in [-0.4, -0.2) is 18.0 Å². The third-order valence-corrected chi connectivity index (χ3v) is 6.57. The first kappa shape index (κ1) is 15.6. The molecule has 5 atom stereocenters. The van der Waals surface area contributed by atoms with Gasteiger partial charge in [0.2, 0.25) is 0 Å². The fourth-order valence-electron chi connectivity index (χ4n) is 5.82. The first-order valence-corrected chi connectivity index (χ1v) is 8.82. The van der Waals surface area contributed by atoms with Crippen LogP contribution >= 0.6 is 0 Å². The number of fused-ring (bicyclic) bond motifs is 1. The van der Waals surface area contributed by atoms with Gasteiger partial charge in [-0.1, -0.05) is 38.8 Å². The van der Waals surface area contributed by atoms with Crippen LogP contribution in [-0.2, 0) is 4.74 Å². The van der Waals surface area contributed by atoms with Gasteiger partial charge in [0.25, 0.3) is 0 Å². The van der Waals surface area contributed by atoms with Crippen molar-refractivity contribution >= 4 is 0 Å². The zero-order valence-electron chi connectivity index (χ0n) is 14.2. The molecule has 1 aliphatic heterocycles. The Morgan fingerprint density at radius 1 is 1.19 bits per heavy atom. The minimum Gasteiger partial charge on any atom is -0.367 e. The molecule has 0 bridgehead atoms. The Kier molecular flexibility index (Phi) is 3.99. The molecule has 3 fully saturated rings. The number of ether oxygens (including phenoxy) is 1. The standard InChI is InChI=1S/C19H32O2/c1-5-14-15(8-7-13-11-21-17(20)16(13)14)19(4)10-6-9-18(2,3)12-19/h5,13,15-17,20H,6-12H2,1-4H3. The number of aliphatic hydroxyl groups excluding tert-OH is 1. The Labute approximate surface area is 130 Å². The van der Waals surface area contributed by atoms with Crippen molar-refractivity contribution in [2.45, 2.75) is 72.5 Å². The zero-order valence-corrected chi connectivity index (χ0v) is 14.2. The van der Waals surface area contributed by atoms with E-state index < -0.39 is 6.29 Å². The molecular weight excluding hydrogens is 260 g/mol. The minimum atomic E-state index is -0.566. The van der Waals surface area contributed by atoms with E-state index in [1.165, 1.54) is 44.1 Å². The van der Waals surface area contributed by atoms with Gasteiger partial charge in [0.1, 0.15) is 0 Å². The lowest BCUT2D eigenvalue weighted by Gasteiger charge is -2.51. The Bertz CT molecular complexity index is 425. The Morgan fingerprint density at radius 2 is 1.95 bits per heavy atom. The van der Waals surface area contributed by atoms with Crippen LogP contribution in [0.2, 0.25) is 0 Å². The van der Waals surface area contributed by atoms with E-state index in [1.54, 1.807) is 0 Å². The molecule has 2 heteroatoms. The van der Waals surface area contributed by atoms with Gasteiger partial charge < -0.3 is 9.84 Å². The molecule has 21 heavy (non-hydrogen) atoms. The molecule has 3 aliphatic rings. The molecule has 2 nitrogen and oxygen atoms in total. The van der Waals surface area contributed by atoms with Crippen molar-refractivity contribution in [3.05, 3.63) is 11.6 Å². The highest BCUT2D eigenvalue weighted by Gasteiger charge is 2.50. The number of allylic oxidation sites excluding steroid dienone is 1. The second kappa shape index (κ2) is 5.38. The topological polar surface area (TPSA) is 29.5 Å². The number of aliphatic hydroxyl groups is 1. The molecule has 0 amide bonds. The van der Waals surface area contributed by atoms with Gasteiger partial charge in [-0.2, -0.15) is 0 Å². The maximum absolute atomic E-state index is 10.3. The van der Waals surface area contributed by atoms with Crippen molar-refractivity contribution in [3.63, 3.8) is 0 Å². The fraction of sp³-hybridized carbons (Fsp3) is 0.895. The van der Waals surface area contributed by atoms with Crippen LogP contribution in [0.25, 0.3) is 0 Å². The summed E-state index contributed by atoms with van der Waals surface area (Å²) < 4.78 is 5.56. The minimum absolute atomic E-state index is 0.260. The second-order valence-corrected chi connectivity index (χ2v) is 8.78.